The third kappa shape index (κ3) is 0.495. The predicted octanol–water partition coefficient (Wildman–Crippen LogP) is 2.26. The molecule has 0 saturated heterocycles. The molecule has 0 heterocycles. The third-order valence-electron chi connectivity index (χ3n) is 1.96. The molecular formula is C7H10. The van der Waals surface area contributed by atoms with Crippen molar-refractivity contribution in [3.8, 4) is 0 Å². The van der Waals surface area contributed by atoms with E-state index in [2.05, 4.69) is 0 Å². The SMILES string of the molecule is C1CC(=C2CC2)C1. The fourth-order valence-corrected chi connectivity index (χ4v) is 1.12. The van der Waals surface area contributed by atoms with Crippen LogP contribution in [0.25, 0.3) is 0 Å². The van der Waals surface area contributed by atoms with Gasteiger partial charge in [-0.25, -0.2) is 0 Å². The van der Waals surface area contributed by atoms with Crippen molar-refractivity contribution in [1.29, 1.82) is 0 Å². The van der Waals surface area contributed by atoms with Gasteiger partial charge >= 0.3 is 0 Å². The number of hydrogen-bond donors (Lipinski definition) is 0. The first-order chi connectivity index (χ1) is 3.47. The van der Waals surface area contributed by atoms with Gasteiger partial charge in [0.1, 0.15) is 0 Å². The van der Waals surface area contributed by atoms with Crippen LogP contribution < -0.4 is 0 Å². The molecule has 0 aromatic rings. The van der Waals surface area contributed by atoms with Gasteiger partial charge in [-0.3, -0.25) is 0 Å². The molecule has 2 saturated carbocycles. The fourth-order valence-electron chi connectivity index (χ4n) is 1.12. The first-order valence-electron chi connectivity index (χ1n) is 3.16. The molecule has 0 atom stereocenters. The molecule has 0 aromatic carbocycles. The van der Waals surface area contributed by atoms with Crippen LogP contribution in [0, 0.1) is 0 Å². The first kappa shape index (κ1) is 3.71. The second-order valence-corrected chi connectivity index (χ2v) is 2.56. The molecule has 0 radical (unpaired) electrons. The maximum Gasteiger partial charge on any atom is -0.0280 e. The van der Waals surface area contributed by atoms with E-state index in [0.717, 1.165) is 0 Å². The van der Waals surface area contributed by atoms with Gasteiger partial charge in [-0.1, -0.05) is 11.1 Å². The molecule has 0 spiro atoms. The molecule has 0 aliphatic heterocycles. The molecular weight excluding hydrogens is 84.1 g/mol. The Morgan fingerprint density at radius 1 is 0.714 bits per heavy atom. The van der Waals surface area contributed by atoms with Crippen LogP contribution in [0.1, 0.15) is 32.1 Å². The van der Waals surface area contributed by atoms with Crippen LogP contribution in [-0.2, 0) is 0 Å². The van der Waals surface area contributed by atoms with E-state index < -0.39 is 0 Å². The van der Waals surface area contributed by atoms with Gasteiger partial charge in [0.15, 0.2) is 0 Å². The Bertz CT molecular complexity index is 108. The smallest absolute Gasteiger partial charge is 0.0280 e. The quantitative estimate of drug-likeness (QED) is 0.404. The minimum atomic E-state index is 1.44. The molecule has 38 valence electrons. The van der Waals surface area contributed by atoms with E-state index in [9.17, 15) is 0 Å². The summed E-state index contributed by atoms with van der Waals surface area (Å²) in [6, 6.07) is 0. The summed E-state index contributed by atoms with van der Waals surface area (Å²) in [6.45, 7) is 0. The van der Waals surface area contributed by atoms with Crippen LogP contribution in [0.2, 0.25) is 0 Å². The fraction of sp³-hybridized carbons (Fsp3) is 0.714. The van der Waals surface area contributed by atoms with Crippen molar-refractivity contribution in [2.24, 2.45) is 0 Å². The van der Waals surface area contributed by atoms with Crippen LogP contribution in [0.5, 0.6) is 0 Å². The zero-order chi connectivity index (χ0) is 4.69. The Balaban J connectivity index is 2.16. The zero-order valence-corrected chi connectivity index (χ0v) is 4.54. The minimum absolute atomic E-state index is 1.44. The molecule has 0 unspecified atom stereocenters. The van der Waals surface area contributed by atoms with Crippen molar-refractivity contribution in [2.75, 3.05) is 0 Å². The number of rotatable bonds is 0. The normalized spacial score (nSPS) is 27.4. The van der Waals surface area contributed by atoms with Gasteiger partial charge in [-0.05, 0) is 32.1 Å². The number of allylic oxidation sites excluding steroid dienone is 2. The lowest BCUT2D eigenvalue weighted by molar-refractivity contribution is 0.658. The van der Waals surface area contributed by atoms with Crippen molar-refractivity contribution in [3.05, 3.63) is 11.1 Å². The Kier molecular flexibility index (Phi) is 0.592. The van der Waals surface area contributed by atoms with Gasteiger partial charge < -0.3 is 0 Å². The zero-order valence-electron chi connectivity index (χ0n) is 4.54. The van der Waals surface area contributed by atoms with E-state index in [0.29, 0.717) is 0 Å². The van der Waals surface area contributed by atoms with E-state index in [1.165, 1.54) is 32.1 Å². The Hall–Kier alpha value is -0.260. The van der Waals surface area contributed by atoms with E-state index in [-0.39, 0.29) is 0 Å². The predicted molar refractivity (Wildman–Crippen MR) is 30.1 cm³/mol. The highest BCUT2D eigenvalue weighted by Gasteiger charge is 2.20. The molecule has 0 heteroatoms. The van der Waals surface area contributed by atoms with Crippen LogP contribution in [0.4, 0.5) is 0 Å². The van der Waals surface area contributed by atoms with Crippen molar-refractivity contribution in [1.82, 2.24) is 0 Å². The van der Waals surface area contributed by atoms with Crippen molar-refractivity contribution < 1.29 is 0 Å². The summed E-state index contributed by atoms with van der Waals surface area (Å²) in [5, 5.41) is 0. The van der Waals surface area contributed by atoms with Gasteiger partial charge in [-0.2, -0.15) is 0 Å². The maximum absolute atomic E-state index is 1.81. The molecule has 0 nitrogen and oxygen atoms in total. The van der Waals surface area contributed by atoms with Gasteiger partial charge in [-0.15, -0.1) is 0 Å². The van der Waals surface area contributed by atoms with E-state index in [1.807, 2.05) is 0 Å². The lowest BCUT2D eigenvalue weighted by Gasteiger charge is -2.14. The molecule has 0 amide bonds. The minimum Gasteiger partial charge on any atom is -0.0710 e. The Labute approximate surface area is 44.2 Å². The maximum atomic E-state index is 1.81. The van der Waals surface area contributed by atoms with E-state index in [1.54, 1.807) is 11.1 Å². The summed E-state index contributed by atoms with van der Waals surface area (Å²) in [5.74, 6) is 0. The molecule has 2 rings (SSSR count). The highest BCUT2D eigenvalue weighted by Crippen LogP contribution is 2.40. The largest absolute Gasteiger partial charge is 0.0710 e. The molecule has 2 aliphatic rings. The van der Waals surface area contributed by atoms with Crippen molar-refractivity contribution >= 4 is 0 Å². The second-order valence-electron chi connectivity index (χ2n) is 2.56. The lowest BCUT2D eigenvalue weighted by Crippen LogP contribution is -1.95. The Morgan fingerprint density at radius 3 is 1.43 bits per heavy atom. The highest BCUT2D eigenvalue weighted by molar-refractivity contribution is 5.28. The highest BCUT2D eigenvalue weighted by atomic mass is 14.3. The van der Waals surface area contributed by atoms with Gasteiger partial charge in [0, 0.05) is 0 Å². The molecule has 2 fully saturated rings. The second kappa shape index (κ2) is 1.12. The van der Waals surface area contributed by atoms with Gasteiger partial charge in [0.2, 0.25) is 0 Å². The summed E-state index contributed by atoms with van der Waals surface area (Å²) in [7, 11) is 0. The summed E-state index contributed by atoms with van der Waals surface area (Å²) >= 11 is 0. The number of hydrogen-bond acceptors (Lipinski definition) is 0. The van der Waals surface area contributed by atoms with Crippen molar-refractivity contribution in [2.45, 2.75) is 32.1 Å². The standard InChI is InChI=1S/C7H10/c1-2-6(3-1)7-4-5-7/h1-5H2. The van der Waals surface area contributed by atoms with Gasteiger partial charge in [0.25, 0.3) is 0 Å². The van der Waals surface area contributed by atoms with E-state index in [4.69, 9.17) is 0 Å². The Morgan fingerprint density at radius 2 is 1.29 bits per heavy atom. The molecule has 7 heavy (non-hydrogen) atoms. The van der Waals surface area contributed by atoms with Crippen molar-refractivity contribution in [3.63, 3.8) is 0 Å². The van der Waals surface area contributed by atoms with Gasteiger partial charge in [0.05, 0.1) is 0 Å². The topological polar surface area (TPSA) is 0 Å². The first-order valence-corrected chi connectivity index (χ1v) is 3.16. The average molecular weight is 94.2 g/mol. The summed E-state index contributed by atoms with van der Waals surface area (Å²) in [6.07, 6.45) is 7.23. The third-order valence-corrected chi connectivity index (χ3v) is 1.96. The van der Waals surface area contributed by atoms with Crippen LogP contribution in [-0.4, -0.2) is 0 Å². The lowest BCUT2D eigenvalue weighted by atomic mass is 9.92. The summed E-state index contributed by atoms with van der Waals surface area (Å²) in [5.41, 5.74) is 3.60. The van der Waals surface area contributed by atoms with Crippen LogP contribution in [0.15, 0.2) is 11.1 Å². The van der Waals surface area contributed by atoms with Crippen LogP contribution >= 0.6 is 0 Å². The van der Waals surface area contributed by atoms with Crippen LogP contribution in [0.3, 0.4) is 0 Å². The average Bonchev–Trinajstić information content (AvgIpc) is 2.10. The monoisotopic (exact) mass is 94.1 g/mol. The summed E-state index contributed by atoms with van der Waals surface area (Å²) in [4.78, 5) is 0. The summed E-state index contributed by atoms with van der Waals surface area (Å²) < 4.78 is 0. The molecule has 0 aromatic heterocycles. The van der Waals surface area contributed by atoms with E-state index >= 15 is 0 Å². The molecule has 2 aliphatic carbocycles. The molecule has 0 N–H and O–H groups in total. The molecule has 0 bridgehead atoms.